The van der Waals surface area contributed by atoms with Gasteiger partial charge in [0.05, 0.1) is 5.52 Å². The molecular weight excluding hydrogens is 298 g/mol. The van der Waals surface area contributed by atoms with Gasteiger partial charge in [0, 0.05) is 50.7 Å². The van der Waals surface area contributed by atoms with Gasteiger partial charge in [0.15, 0.2) is 0 Å². The molecule has 0 saturated carbocycles. The van der Waals surface area contributed by atoms with Crippen molar-refractivity contribution in [2.24, 2.45) is 5.92 Å². The fraction of sp³-hybridized carbons (Fsp3) is 0.500. The molecule has 1 saturated heterocycles. The minimum absolute atomic E-state index is 0.183. The molecule has 4 heteroatoms. The molecule has 1 fully saturated rings. The zero-order valence-electron chi connectivity index (χ0n) is 14.9. The van der Waals surface area contributed by atoms with Crippen LogP contribution in [0.2, 0.25) is 0 Å². The fourth-order valence-electron chi connectivity index (χ4n) is 3.58. The Balaban J connectivity index is 1.79. The number of nitrogens with zero attached hydrogens (tertiary/aromatic N) is 3. The van der Waals surface area contributed by atoms with Gasteiger partial charge in [0.25, 0.3) is 0 Å². The summed E-state index contributed by atoms with van der Waals surface area (Å²) in [6.45, 7) is 9.82. The minimum Gasteiger partial charge on any atom is -0.341 e. The largest absolute Gasteiger partial charge is 0.341 e. The van der Waals surface area contributed by atoms with Gasteiger partial charge in [0.2, 0.25) is 5.91 Å². The Bertz CT molecular complexity index is 713. The second-order valence-corrected chi connectivity index (χ2v) is 7.16. The van der Waals surface area contributed by atoms with Crippen LogP contribution in [-0.4, -0.2) is 52.9 Å². The van der Waals surface area contributed by atoms with Crippen LogP contribution in [0.15, 0.2) is 36.5 Å². The van der Waals surface area contributed by atoms with Crippen molar-refractivity contribution in [1.82, 2.24) is 14.8 Å². The first-order valence-corrected chi connectivity index (χ1v) is 8.86. The lowest BCUT2D eigenvalue weighted by atomic mass is 9.98. The maximum atomic E-state index is 11.9. The number of pyridine rings is 1. The average molecular weight is 325 g/mol. The van der Waals surface area contributed by atoms with Crippen LogP contribution < -0.4 is 0 Å². The number of fused-ring (bicyclic) bond motifs is 1. The molecule has 1 aliphatic rings. The Morgan fingerprint density at radius 3 is 2.79 bits per heavy atom. The molecule has 2 aromatic rings. The SMILES string of the molecule is CC(=O)N1CCN(C(C)C)CC(Cc2cnc3ccccc3c2)C1. The van der Waals surface area contributed by atoms with Crippen LogP contribution in [0.4, 0.5) is 0 Å². The molecule has 24 heavy (non-hydrogen) atoms. The molecule has 1 aromatic heterocycles. The standard InChI is InChI=1S/C20H27N3O/c1-15(2)22-8-9-23(16(3)24)14-18(13-22)10-17-11-19-6-4-5-7-20(19)21-12-17/h4-7,11-12,15,18H,8-10,13-14H2,1-3H3. The van der Waals surface area contributed by atoms with Crippen LogP contribution in [0.3, 0.4) is 0 Å². The Kier molecular flexibility index (Phi) is 5.14. The summed E-state index contributed by atoms with van der Waals surface area (Å²) in [4.78, 5) is 21.0. The van der Waals surface area contributed by atoms with E-state index in [1.807, 2.05) is 23.2 Å². The lowest BCUT2D eigenvalue weighted by Gasteiger charge is -2.27. The highest BCUT2D eigenvalue weighted by molar-refractivity contribution is 5.78. The van der Waals surface area contributed by atoms with Crippen molar-refractivity contribution < 1.29 is 4.79 Å². The van der Waals surface area contributed by atoms with Crippen molar-refractivity contribution in [3.8, 4) is 0 Å². The Hall–Kier alpha value is -1.94. The molecule has 4 nitrogen and oxygen atoms in total. The fourth-order valence-corrected chi connectivity index (χ4v) is 3.58. The number of rotatable bonds is 3. The molecule has 3 rings (SSSR count). The summed E-state index contributed by atoms with van der Waals surface area (Å²) in [6, 6.07) is 11.0. The van der Waals surface area contributed by atoms with Crippen LogP contribution in [0, 0.1) is 5.92 Å². The van der Waals surface area contributed by atoms with E-state index in [-0.39, 0.29) is 5.91 Å². The highest BCUT2D eigenvalue weighted by atomic mass is 16.2. The molecule has 2 heterocycles. The number of hydrogen-bond donors (Lipinski definition) is 0. The monoisotopic (exact) mass is 325 g/mol. The maximum Gasteiger partial charge on any atom is 0.219 e. The van der Waals surface area contributed by atoms with Crippen molar-refractivity contribution >= 4 is 16.8 Å². The van der Waals surface area contributed by atoms with E-state index in [4.69, 9.17) is 0 Å². The molecule has 1 aromatic carbocycles. The number of para-hydroxylation sites is 1. The summed E-state index contributed by atoms with van der Waals surface area (Å²) in [5.74, 6) is 0.629. The first-order valence-electron chi connectivity index (χ1n) is 8.86. The van der Waals surface area contributed by atoms with E-state index in [1.165, 1.54) is 10.9 Å². The second-order valence-electron chi connectivity index (χ2n) is 7.16. The summed E-state index contributed by atoms with van der Waals surface area (Å²) in [7, 11) is 0. The number of carbonyl (C=O) groups is 1. The van der Waals surface area contributed by atoms with Crippen LogP contribution in [0.25, 0.3) is 10.9 Å². The zero-order valence-corrected chi connectivity index (χ0v) is 14.9. The topological polar surface area (TPSA) is 36.4 Å². The van der Waals surface area contributed by atoms with Crippen molar-refractivity contribution in [3.05, 3.63) is 42.1 Å². The lowest BCUT2D eigenvalue weighted by Crippen LogP contribution is -2.36. The Morgan fingerprint density at radius 1 is 1.25 bits per heavy atom. The molecule has 1 aliphatic heterocycles. The third kappa shape index (κ3) is 3.93. The quantitative estimate of drug-likeness (QED) is 0.870. The number of aromatic nitrogens is 1. The van der Waals surface area contributed by atoms with Crippen molar-refractivity contribution in [3.63, 3.8) is 0 Å². The van der Waals surface area contributed by atoms with Crippen molar-refractivity contribution in [2.75, 3.05) is 26.2 Å². The summed E-state index contributed by atoms with van der Waals surface area (Å²) in [6.07, 6.45) is 2.95. The number of hydrogen-bond acceptors (Lipinski definition) is 3. The summed E-state index contributed by atoms with van der Waals surface area (Å²) >= 11 is 0. The molecule has 128 valence electrons. The molecular formula is C20H27N3O. The predicted molar refractivity (Wildman–Crippen MR) is 97.9 cm³/mol. The number of amides is 1. The van der Waals surface area contributed by atoms with E-state index in [9.17, 15) is 4.79 Å². The minimum atomic E-state index is 0.183. The summed E-state index contributed by atoms with van der Waals surface area (Å²) < 4.78 is 0. The van der Waals surface area contributed by atoms with Gasteiger partial charge in [-0.2, -0.15) is 0 Å². The molecule has 0 spiro atoms. The lowest BCUT2D eigenvalue weighted by molar-refractivity contribution is -0.129. The third-order valence-electron chi connectivity index (χ3n) is 4.98. The zero-order chi connectivity index (χ0) is 17.1. The molecule has 0 N–H and O–H groups in total. The molecule has 1 amide bonds. The van der Waals surface area contributed by atoms with Gasteiger partial charge in [-0.3, -0.25) is 14.7 Å². The Labute approximate surface area is 144 Å². The Morgan fingerprint density at radius 2 is 2.04 bits per heavy atom. The normalized spacial score (nSPS) is 19.7. The van der Waals surface area contributed by atoms with Gasteiger partial charge in [0.1, 0.15) is 0 Å². The summed E-state index contributed by atoms with van der Waals surface area (Å²) in [5, 5.41) is 1.19. The van der Waals surface area contributed by atoms with E-state index in [0.29, 0.717) is 12.0 Å². The number of carbonyl (C=O) groups excluding carboxylic acids is 1. The predicted octanol–water partition coefficient (Wildman–Crippen LogP) is 2.97. The van der Waals surface area contributed by atoms with Gasteiger partial charge < -0.3 is 4.90 Å². The molecule has 0 bridgehead atoms. The van der Waals surface area contributed by atoms with Gasteiger partial charge in [-0.25, -0.2) is 0 Å². The van der Waals surface area contributed by atoms with E-state index in [2.05, 4.69) is 41.9 Å². The maximum absolute atomic E-state index is 11.9. The van der Waals surface area contributed by atoms with Crippen LogP contribution in [-0.2, 0) is 11.2 Å². The number of benzene rings is 1. The van der Waals surface area contributed by atoms with E-state index in [0.717, 1.165) is 38.1 Å². The van der Waals surface area contributed by atoms with Gasteiger partial charge in [-0.15, -0.1) is 0 Å². The van der Waals surface area contributed by atoms with E-state index in [1.54, 1.807) is 6.92 Å². The van der Waals surface area contributed by atoms with Crippen LogP contribution >= 0.6 is 0 Å². The second kappa shape index (κ2) is 7.31. The first-order chi connectivity index (χ1) is 11.5. The van der Waals surface area contributed by atoms with E-state index < -0.39 is 0 Å². The van der Waals surface area contributed by atoms with Gasteiger partial charge >= 0.3 is 0 Å². The van der Waals surface area contributed by atoms with Crippen molar-refractivity contribution in [1.29, 1.82) is 0 Å². The highest BCUT2D eigenvalue weighted by Gasteiger charge is 2.25. The highest BCUT2D eigenvalue weighted by Crippen LogP contribution is 2.19. The molecule has 0 aliphatic carbocycles. The van der Waals surface area contributed by atoms with Crippen LogP contribution in [0.1, 0.15) is 26.3 Å². The molecule has 1 unspecified atom stereocenters. The van der Waals surface area contributed by atoms with Gasteiger partial charge in [-0.1, -0.05) is 18.2 Å². The van der Waals surface area contributed by atoms with Crippen molar-refractivity contribution in [2.45, 2.75) is 33.2 Å². The first kappa shape index (κ1) is 16.9. The molecule has 1 atom stereocenters. The average Bonchev–Trinajstić information content (AvgIpc) is 2.78. The molecule has 0 radical (unpaired) electrons. The van der Waals surface area contributed by atoms with Gasteiger partial charge in [-0.05, 0) is 43.9 Å². The summed E-state index contributed by atoms with van der Waals surface area (Å²) in [5.41, 5.74) is 2.30. The smallest absolute Gasteiger partial charge is 0.219 e. The van der Waals surface area contributed by atoms with E-state index >= 15 is 0 Å². The van der Waals surface area contributed by atoms with Crippen LogP contribution in [0.5, 0.6) is 0 Å². The third-order valence-corrected chi connectivity index (χ3v) is 4.98.